The highest BCUT2D eigenvalue weighted by molar-refractivity contribution is 9.10. The number of anilines is 1. The van der Waals surface area contributed by atoms with Crippen LogP contribution in [0, 0.1) is 5.92 Å². The molecule has 0 radical (unpaired) electrons. The minimum atomic E-state index is -3.60. The van der Waals surface area contributed by atoms with Crippen LogP contribution in [0.3, 0.4) is 0 Å². The molecule has 1 saturated heterocycles. The number of nitrogens with zero attached hydrogens (tertiary/aromatic N) is 1. The fourth-order valence-electron chi connectivity index (χ4n) is 2.22. The van der Waals surface area contributed by atoms with E-state index in [9.17, 15) is 8.42 Å². The fourth-order valence-corrected chi connectivity index (χ4v) is 4.15. The molecule has 1 aromatic carbocycles. The van der Waals surface area contributed by atoms with Gasteiger partial charge in [0.2, 0.25) is 0 Å². The Bertz CT molecular complexity index is 582. The van der Waals surface area contributed by atoms with Crippen LogP contribution in [0.15, 0.2) is 22.7 Å². The van der Waals surface area contributed by atoms with E-state index >= 15 is 0 Å². The molecular weight excluding hydrogens is 366 g/mol. The predicted octanol–water partition coefficient (Wildman–Crippen LogP) is 2.43. The second-order valence-electron chi connectivity index (χ2n) is 4.83. The summed E-state index contributed by atoms with van der Waals surface area (Å²) in [6.45, 7) is 1.47. The maximum Gasteiger partial charge on any atom is 0.301 e. The zero-order valence-electron chi connectivity index (χ0n) is 10.9. The van der Waals surface area contributed by atoms with Crippen molar-refractivity contribution in [1.82, 2.24) is 4.31 Å². The molecular formula is C12H17BrClN3O2S. The number of hydrogen-bond donors (Lipinski definition) is 2. The van der Waals surface area contributed by atoms with Gasteiger partial charge in [0.15, 0.2) is 0 Å². The molecule has 0 spiro atoms. The lowest BCUT2D eigenvalue weighted by atomic mass is 10.0. The first-order chi connectivity index (χ1) is 9.42. The summed E-state index contributed by atoms with van der Waals surface area (Å²) in [5.74, 6) is 0.221. The number of rotatable bonds is 4. The van der Waals surface area contributed by atoms with E-state index in [-0.39, 0.29) is 5.92 Å². The van der Waals surface area contributed by atoms with Crippen molar-refractivity contribution < 1.29 is 8.42 Å². The Hall–Kier alpha value is -0.340. The summed E-state index contributed by atoms with van der Waals surface area (Å²) in [6.07, 6.45) is 1.80. The van der Waals surface area contributed by atoms with Crippen LogP contribution in [0.5, 0.6) is 0 Å². The van der Waals surface area contributed by atoms with Crippen molar-refractivity contribution in [3.05, 3.63) is 27.7 Å². The number of piperidine rings is 1. The summed E-state index contributed by atoms with van der Waals surface area (Å²) in [6, 6.07) is 5.04. The van der Waals surface area contributed by atoms with Crippen LogP contribution in [0.1, 0.15) is 12.8 Å². The Morgan fingerprint density at radius 1 is 1.50 bits per heavy atom. The highest BCUT2D eigenvalue weighted by Crippen LogP contribution is 2.28. The van der Waals surface area contributed by atoms with Gasteiger partial charge in [0.05, 0.1) is 10.7 Å². The lowest BCUT2D eigenvalue weighted by Crippen LogP contribution is -2.44. The summed E-state index contributed by atoms with van der Waals surface area (Å²) < 4.78 is 29.5. The molecule has 20 heavy (non-hydrogen) atoms. The molecule has 112 valence electrons. The summed E-state index contributed by atoms with van der Waals surface area (Å²) in [4.78, 5) is 0. The van der Waals surface area contributed by atoms with Crippen LogP contribution in [-0.4, -0.2) is 32.4 Å². The molecule has 3 N–H and O–H groups in total. The van der Waals surface area contributed by atoms with Crippen LogP contribution < -0.4 is 10.5 Å². The zero-order valence-corrected chi connectivity index (χ0v) is 14.0. The minimum absolute atomic E-state index is 0.221. The standard InChI is InChI=1S/C12H17BrClN3O2S/c13-10-3-4-11(14)12(6-10)16-20(18,19)17-5-1-2-9(7-15)8-17/h3-4,6,9,16H,1-2,5,7-8,15H2. The maximum absolute atomic E-state index is 12.4. The van der Waals surface area contributed by atoms with Crippen LogP contribution in [0.2, 0.25) is 5.02 Å². The van der Waals surface area contributed by atoms with Gasteiger partial charge in [0, 0.05) is 17.6 Å². The SMILES string of the molecule is NCC1CCCN(S(=O)(=O)Nc2cc(Br)ccc2Cl)C1. The normalized spacial score (nSPS) is 20.9. The number of benzene rings is 1. The number of nitrogens with one attached hydrogen (secondary N) is 1. The molecule has 1 atom stereocenters. The van der Waals surface area contributed by atoms with Crippen LogP contribution in [0.4, 0.5) is 5.69 Å². The van der Waals surface area contributed by atoms with Gasteiger partial charge in [-0.15, -0.1) is 0 Å². The van der Waals surface area contributed by atoms with E-state index < -0.39 is 10.2 Å². The smallest absolute Gasteiger partial charge is 0.301 e. The van der Waals surface area contributed by atoms with Crippen molar-refractivity contribution in [1.29, 1.82) is 0 Å². The minimum Gasteiger partial charge on any atom is -0.330 e. The van der Waals surface area contributed by atoms with E-state index in [1.54, 1.807) is 18.2 Å². The highest BCUT2D eigenvalue weighted by Gasteiger charge is 2.28. The average Bonchev–Trinajstić information content (AvgIpc) is 2.43. The topological polar surface area (TPSA) is 75.4 Å². The fraction of sp³-hybridized carbons (Fsp3) is 0.500. The molecule has 1 unspecified atom stereocenters. The molecule has 2 rings (SSSR count). The zero-order chi connectivity index (χ0) is 14.8. The van der Waals surface area contributed by atoms with E-state index in [1.165, 1.54) is 4.31 Å². The van der Waals surface area contributed by atoms with Gasteiger partial charge in [-0.1, -0.05) is 27.5 Å². The van der Waals surface area contributed by atoms with Crippen LogP contribution in [0.25, 0.3) is 0 Å². The van der Waals surface area contributed by atoms with Crippen molar-refractivity contribution in [2.75, 3.05) is 24.4 Å². The Morgan fingerprint density at radius 2 is 2.25 bits per heavy atom. The molecule has 0 saturated carbocycles. The first kappa shape index (κ1) is 16.0. The Labute approximate surface area is 132 Å². The molecule has 0 bridgehead atoms. The number of nitrogens with two attached hydrogens (primary N) is 1. The van der Waals surface area contributed by atoms with Crippen molar-refractivity contribution in [3.8, 4) is 0 Å². The predicted molar refractivity (Wildman–Crippen MR) is 85.0 cm³/mol. The molecule has 1 aliphatic rings. The van der Waals surface area contributed by atoms with Gasteiger partial charge >= 0.3 is 10.2 Å². The number of hydrogen-bond acceptors (Lipinski definition) is 3. The third-order valence-corrected chi connectivity index (χ3v) is 5.63. The summed E-state index contributed by atoms with van der Waals surface area (Å²) in [5.41, 5.74) is 6.01. The Kier molecular flexibility index (Phi) is 5.30. The second-order valence-corrected chi connectivity index (χ2v) is 7.83. The molecule has 1 heterocycles. The van der Waals surface area contributed by atoms with Crippen molar-refractivity contribution in [3.63, 3.8) is 0 Å². The quantitative estimate of drug-likeness (QED) is 0.840. The summed E-state index contributed by atoms with van der Waals surface area (Å²) in [5, 5.41) is 0.365. The third-order valence-electron chi connectivity index (χ3n) is 3.32. The lowest BCUT2D eigenvalue weighted by Gasteiger charge is -2.31. The lowest BCUT2D eigenvalue weighted by molar-refractivity contribution is 0.273. The summed E-state index contributed by atoms with van der Waals surface area (Å²) >= 11 is 9.31. The van der Waals surface area contributed by atoms with E-state index in [0.717, 1.165) is 17.3 Å². The molecule has 0 amide bonds. The van der Waals surface area contributed by atoms with Gasteiger partial charge in [-0.2, -0.15) is 12.7 Å². The van der Waals surface area contributed by atoms with Crippen molar-refractivity contribution in [2.24, 2.45) is 11.7 Å². The molecule has 8 heteroatoms. The van der Waals surface area contributed by atoms with E-state index in [2.05, 4.69) is 20.7 Å². The molecule has 5 nitrogen and oxygen atoms in total. The van der Waals surface area contributed by atoms with E-state index in [4.69, 9.17) is 17.3 Å². The number of halogens is 2. The van der Waals surface area contributed by atoms with Gasteiger partial charge in [0.1, 0.15) is 0 Å². The van der Waals surface area contributed by atoms with Crippen molar-refractivity contribution >= 4 is 43.4 Å². The van der Waals surface area contributed by atoms with Crippen molar-refractivity contribution in [2.45, 2.75) is 12.8 Å². The van der Waals surface area contributed by atoms with Gasteiger partial charge in [0.25, 0.3) is 0 Å². The molecule has 1 aromatic rings. The third kappa shape index (κ3) is 3.85. The highest BCUT2D eigenvalue weighted by atomic mass is 79.9. The Balaban J connectivity index is 2.16. The maximum atomic E-state index is 12.4. The molecule has 1 fully saturated rings. The van der Waals surface area contributed by atoms with Gasteiger partial charge in [-0.3, -0.25) is 4.72 Å². The van der Waals surface area contributed by atoms with Gasteiger partial charge < -0.3 is 5.73 Å². The van der Waals surface area contributed by atoms with Gasteiger partial charge in [-0.25, -0.2) is 0 Å². The monoisotopic (exact) mass is 381 g/mol. The Morgan fingerprint density at radius 3 is 2.95 bits per heavy atom. The second kappa shape index (κ2) is 6.62. The molecule has 1 aliphatic heterocycles. The molecule has 0 aliphatic carbocycles. The summed E-state index contributed by atoms with van der Waals surface area (Å²) in [7, 11) is -3.60. The average molecular weight is 383 g/mol. The first-order valence-corrected chi connectivity index (χ1v) is 8.96. The largest absolute Gasteiger partial charge is 0.330 e. The van der Waals surface area contributed by atoms with Crippen LogP contribution in [-0.2, 0) is 10.2 Å². The first-order valence-electron chi connectivity index (χ1n) is 6.35. The molecule has 0 aromatic heterocycles. The van der Waals surface area contributed by atoms with E-state index in [1.807, 2.05) is 0 Å². The van der Waals surface area contributed by atoms with E-state index in [0.29, 0.717) is 30.3 Å². The van der Waals surface area contributed by atoms with Crippen LogP contribution >= 0.6 is 27.5 Å². The van der Waals surface area contributed by atoms with Gasteiger partial charge in [-0.05, 0) is 43.5 Å².